The van der Waals surface area contributed by atoms with Crippen molar-refractivity contribution in [2.75, 3.05) is 41.2 Å². The van der Waals surface area contributed by atoms with Gasteiger partial charge in [0.2, 0.25) is 12.5 Å². The highest BCUT2D eigenvalue weighted by Gasteiger charge is 2.33. The van der Waals surface area contributed by atoms with E-state index in [4.69, 9.17) is 23.7 Å². The van der Waals surface area contributed by atoms with Crippen LogP contribution in [0, 0.1) is 0 Å². The maximum atomic E-state index is 12.7. The molecule has 0 bridgehead atoms. The Bertz CT molecular complexity index is 1020. The highest BCUT2D eigenvalue weighted by Crippen LogP contribution is 2.46. The predicted molar refractivity (Wildman–Crippen MR) is 110 cm³/mol. The molecular weight excluding hydrogens is 404 g/mol. The van der Waals surface area contributed by atoms with Gasteiger partial charge in [0, 0.05) is 20.1 Å². The lowest BCUT2D eigenvalue weighted by molar-refractivity contribution is -0.123. The van der Waals surface area contributed by atoms with Crippen molar-refractivity contribution in [3.8, 4) is 28.7 Å². The summed E-state index contributed by atoms with van der Waals surface area (Å²) in [7, 11) is 4.85. The fourth-order valence-electron chi connectivity index (χ4n) is 3.59. The van der Waals surface area contributed by atoms with Gasteiger partial charge < -0.3 is 33.9 Å². The van der Waals surface area contributed by atoms with Crippen molar-refractivity contribution < 1.29 is 33.3 Å². The summed E-state index contributed by atoms with van der Waals surface area (Å²) in [4.78, 5) is 26.8. The fraction of sp³-hybridized carbons (Fsp3) is 0.364. The molecule has 0 saturated carbocycles. The lowest BCUT2D eigenvalue weighted by Crippen LogP contribution is -2.35. The van der Waals surface area contributed by atoms with E-state index in [0.717, 1.165) is 11.1 Å². The van der Waals surface area contributed by atoms with E-state index in [9.17, 15) is 9.59 Å². The van der Waals surface area contributed by atoms with Gasteiger partial charge in [-0.1, -0.05) is 6.07 Å². The Morgan fingerprint density at radius 2 is 1.97 bits per heavy atom. The molecule has 0 fully saturated rings. The molecule has 0 unspecified atom stereocenters. The number of amides is 2. The third-order valence-electron chi connectivity index (χ3n) is 5.26. The second-order valence-corrected chi connectivity index (χ2v) is 7.21. The SMILES string of the molecule is COc1ccc(CNC(=O)COc2c3c(cc4c2C(=O)N(C)CC4)OCO3)cc1OC. The summed E-state index contributed by atoms with van der Waals surface area (Å²) in [5.41, 5.74) is 2.09. The van der Waals surface area contributed by atoms with E-state index >= 15 is 0 Å². The normalized spacial score (nSPS) is 14.2. The zero-order chi connectivity index (χ0) is 22.0. The second kappa shape index (κ2) is 8.63. The van der Waals surface area contributed by atoms with Gasteiger partial charge in [-0.3, -0.25) is 9.59 Å². The Morgan fingerprint density at radius 3 is 2.74 bits per heavy atom. The number of carbonyl (C=O) groups excluding carboxylic acids is 2. The Labute approximate surface area is 179 Å². The van der Waals surface area contributed by atoms with Crippen molar-refractivity contribution in [1.29, 1.82) is 0 Å². The first kappa shape index (κ1) is 20.6. The topological polar surface area (TPSA) is 95.6 Å². The van der Waals surface area contributed by atoms with Crippen molar-refractivity contribution in [2.24, 2.45) is 0 Å². The number of benzene rings is 2. The predicted octanol–water partition coefficient (Wildman–Crippen LogP) is 1.76. The molecule has 0 radical (unpaired) electrons. The van der Waals surface area contributed by atoms with Crippen LogP contribution >= 0.6 is 0 Å². The first-order valence-corrected chi connectivity index (χ1v) is 9.83. The number of carbonyl (C=O) groups is 2. The minimum atomic E-state index is -0.336. The minimum absolute atomic E-state index is 0.0457. The Kier molecular flexibility index (Phi) is 5.75. The van der Waals surface area contributed by atoms with Gasteiger partial charge in [0.15, 0.2) is 29.6 Å². The van der Waals surface area contributed by atoms with Crippen LogP contribution < -0.4 is 29.0 Å². The summed E-state index contributed by atoms with van der Waals surface area (Å²) in [5.74, 6) is 1.82. The van der Waals surface area contributed by atoms with Crippen LogP contribution in [-0.4, -0.2) is 57.9 Å². The molecule has 9 heteroatoms. The standard InChI is InChI=1S/C22H24N2O7/c1-24-7-6-14-9-17-20(31-12-30-17)21(19(14)22(24)26)29-11-18(25)23-10-13-4-5-15(27-2)16(8-13)28-3/h4-5,8-9H,6-7,10-12H2,1-3H3,(H,23,25). The van der Waals surface area contributed by atoms with Gasteiger partial charge >= 0.3 is 0 Å². The highest BCUT2D eigenvalue weighted by atomic mass is 16.7. The van der Waals surface area contributed by atoms with Gasteiger partial charge in [0.25, 0.3) is 11.8 Å². The maximum absolute atomic E-state index is 12.7. The number of nitrogens with zero attached hydrogens (tertiary/aromatic N) is 1. The first-order valence-electron chi connectivity index (χ1n) is 9.83. The number of rotatable bonds is 7. The Morgan fingerprint density at radius 1 is 1.16 bits per heavy atom. The molecule has 2 aromatic rings. The van der Waals surface area contributed by atoms with Gasteiger partial charge in [0.1, 0.15) is 0 Å². The summed E-state index contributed by atoms with van der Waals surface area (Å²) in [6, 6.07) is 7.21. The van der Waals surface area contributed by atoms with E-state index in [-0.39, 0.29) is 37.5 Å². The van der Waals surface area contributed by atoms with Gasteiger partial charge in [-0.2, -0.15) is 0 Å². The molecule has 2 heterocycles. The summed E-state index contributed by atoms with van der Waals surface area (Å²) in [6.07, 6.45) is 0.677. The average Bonchev–Trinajstić information content (AvgIpc) is 3.26. The van der Waals surface area contributed by atoms with Gasteiger partial charge in [-0.15, -0.1) is 0 Å². The van der Waals surface area contributed by atoms with Gasteiger partial charge in [0.05, 0.1) is 19.8 Å². The minimum Gasteiger partial charge on any atom is -0.493 e. The molecule has 1 N–H and O–H groups in total. The quantitative estimate of drug-likeness (QED) is 0.718. The largest absolute Gasteiger partial charge is 0.493 e. The second-order valence-electron chi connectivity index (χ2n) is 7.21. The molecular formula is C22H24N2O7. The Balaban J connectivity index is 1.45. The lowest BCUT2D eigenvalue weighted by atomic mass is 9.97. The number of fused-ring (bicyclic) bond motifs is 2. The van der Waals surface area contributed by atoms with Crippen molar-refractivity contribution in [3.05, 3.63) is 41.0 Å². The maximum Gasteiger partial charge on any atom is 0.258 e. The summed E-state index contributed by atoms with van der Waals surface area (Å²) in [6.45, 7) is 0.673. The molecule has 9 nitrogen and oxygen atoms in total. The monoisotopic (exact) mass is 428 g/mol. The molecule has 31 heavy (non-hydrogen) atoms. The molecule has 2 amide bonds. The number of ether oxygens (including phenoxy) is 5. The van der Waals surface area contributed by atoms with E-state index in [1.165, 1.54) is 0 Å². The molecule has 4 rings (SSSR count). The lowest BCUT2D eigenvalue weighted by Gasteiger charge is -2.27. The molecule has 0 aromatic heterocycles. The van der Waals surface area contributed by atoms with E-state index in [2.05, 4.69) is 5.32 Å². The van der Waals surface area contributed by atoms with E-state index in [0.29, 0.717) is 41.5 Å². The third-order valence-corrected chi connectivity index (χ3v) is 5.26. The molecule has 2 aliphatic heterocycles. The van der Waals surface area contributed by atoms with Gasteiger partial charge in [-0.05, 0) is 35.7 Å². The van der Waals surface area contributed by atoms with Crippen LogP contribution in [0.25, 0.3) is 0 Å². The zero-order valence-corrected chi connectivity index (χ0v) is 17.6. The van der Waals surface area contributed by atoms with Crippen LogP contribution in [-0.2, 0) is 17.8 Å². The smallest absolute Gasteiger partial charge is 0.258 e. The third kappa shape index (κ3) is 4.03. The Hall–Kier alpha value is -3.62. The van der Waals surface area contributed by atoms with Gasteiger partial charge in [-0.25, -0.2) is 0 Å². The molecule has 2 aromatic carbocycles. The molecule has 0 atom stereocenters. The van der Waals surface area contributed by atoms with Crippen LogP contribution in [0.2, 0.25) is 0 Å². The van der Waals surface area contributed by atoms with Crippen LogP contribution in [0.4, 0.5) is 0 Å². The van der Waals surface area contributed by atoms with Crippen LogP contribution in [0.5, 0.6) is 28.7 Å². The van der Waals surface area contributed by atoms with Crippen molar-refractivity contribution in [3.63, 3.8) is 0 Å². The van der Waals surface area contributed by atoms with Crippen LogP contribution in [0.15, 0.2) is 24.3 Å². The van der Waals surface area contributed by atoms with Crippen molar-refractivity contribution in [1.82, 2.24) is 10.2 Å². The molecule has 0 aliphatic carbocycles. The summed E-state index contributed by atoms with van der Waals surface area (Å²) < 4.78 is 27.3. The van der Waals surface area contributed by atoms with E-state index in [1.807, 2.05) is 12.1 Å². The average molecular weight is 428 g/mol. The number of methoxy groups -OCH3 is 2. The van der Waals surface area contributed by atoms with Crippen molar-refractivity contribution in [2.45, 2.75) is 13.0 Å². The van der Waals surface area contributed by atoms with Crippen LogP contribution in [0.3, 0.4) is 0 Å². The first-order chi connectivity index (χ1) is 15.0. The molecule has 0 saturated heterocycles. The summed E-state index contributed by atoms with van der Waals surface area (Å²) in [5, 5.41) is 2.80. The summed E-state index contributed by atoms with van der Waals surface area (Å²) >= 11 is 0. The highest BCUT2D eigenvalue weighted by molar-refractivity contribution is 6.01. The fourth-order valence-corrected chi connectivity index (χ4v) is 3.59. The number of hydrogen-bond donors (Lipinski definition) is 1. The molecule has 0 spiro atoms. The van der Waals surface area contributed by atoms with E-state index < -0.39 is 0 Å². The number of likely N-dealkylation sites (N-methyl/N-ethyl adjacent to an activating group) is 1. The number of hydrogen-bond acceptors (Lipinski definition) is 7. The van der Waals surface area contributed by atoms with Crippen LogP contribution in [0.1, 0.15) is 21.5 Å². The van der Waals surface area contributed by atoms with Crippen molar-refractivity contribution >= 4 is 11.8 Å². The molecule has 164 valence electrons. The zero-order valence-electron chi connectivity index (χ0n) is 17.6. The molecule has 2 aliphatic rings. The van der Waals surface area contributed by atoms with E-state index in [1.54, 1.807) is 38.3 Å². The number of nitrogens with one attached hydrogen (secondary N) is 1.